The van der Waals surface area contributed by atoms with E-state index < -0.39 is 0 Å². The Kier molecular flexibility index (Phi) is 4.05. The van der Waals surface area contributed by atoms with E-state index in [1.807, 2.05) is 34.5 Å². The van der Waals surface area contributed by atoms with Crippen molar-refractivity contribution < 1.29 is 9.90 Å². The molecular formula is C17H15NO2S. The summed E-state index contributed by atoms with van der Waals surface area (Å²) in [6.07, 6.45) is 1.39. The summed E-state index contributed by atoms with van der Waals surface area (Å²) in [5, 5.41) is 10.7. The van der Waals surface area contributed by atoms with Crippen molar-refractivity contribution >= 4 is 22.9 Å². The van der Waals surface area contributed by atoms with Gasteiger partial charge in [-0.15, -0.1) is 11.3 Å². The minimum Gasteiger partial charge on any atom is -0.384 e. The number of aliphatic hydroxyl groups excluding tert-OH is 1. The van der Waals surface area contributed by atoms with Crippen LogP contribution in [0.4, 0.5) is 5.69 Å². The fraction of sp³-hybridized carbons (Fsp3) is 0.235. The molecule has 0 unspecified atom stereocenters. The summed E-state index contributed by atoms with van der Waals surface area (Å²) in [5.41, 5.74) is 3.14. The number of aliphatic hydroxyl groups is 1. The minimum absolute atomic E-state index is 0.136. The second-order valence-electron chi connectivity index (χ2n) is 4.87. The van der Waals surface area contributed by atoms with E-state index in [2.05, 4.69) is 17.9 Å². The summed E-state index contributed by atoms with van der Waals surface area (Å²) in [5.74, 6) is 5.70. The number of hydrogen-bond acceptors (Lipinski definition) is 3. The summed E-state index contributed by atoms with van der Waals surface area (Å²) in [6, 6.07) is 10.1. The fourth-order valence-corrected chi connectivity index (χ4v) is 3.30. The van der Waals surface area contributed by atoms with Crippen molar-refractivity contribution in [1.29, 1.82) is 0 Å². The Bertz CT molecular complexity index is 724. The van der Waals surface area contributed by atoms with Crippen LogP contribution in [0.25, 0.3) is 0 Å². The molecule has 0 radical (unpaired) electrons. The van der Waals surface area contributed by atoms with Crippen molar-refractivity contribution in [3.63, 3.8) is 0 Å². The number of rotatable bonds is 2. The molecule has 3 nitrogen and oxygen atoms in total. The van der Waals surface area contributed by atoms with Crippen LogP contribution in [0.15, 0.2) is 35.7 Å². The number of nitrogens with zero attached hydrogens (tertiary/aromatic N) is 1. The first-order valence-electron chi connectivity index (χ1n) is 6.83. The average molecular weight is 297 g/mol. The molecule has 1 aromatic carbocycles. The van der Waals surface area contributed by atoms with Gasteiger partial charge in [0.15, 0.2) is 0 Å². The predicted molar refractivity (Wildman–Crippen MR) is 84.2 cm³/mol. The maximum absolute atomic E-state index is 12.2. The van der Waals surface area contributed by atoms with Gasteiger partial charge in [0, 0.05) is 27.9 Å². The number of anilines is 1. The number of fused-ring (bicyclic) bond motifs is 1. The molecule has 0 spiro atoms. The summed E-state index contributed by atoms with van der Waals surface area (Å²) in [4.78, 5) is 15.2. The van der Waals surface area contributed by atoms with Crippen LogP contribution in [0.3, 0.4) is 0 Å². The molecule has 0 fully saturated rings. The Morgan fingerprint density at radius 2 is 2.14 bits per heavy atom. The lowest BCUT2D eigenvalue weighted by atomic mass is 10.0. The number of carbonyl (C=O) groups is 1. The van der Waals surface area contributed by atoms with Crippen molar-refractivity contribution in [2.75, 3.05) is 11.5 Å². The number of aryl methyl sites for hydroxylation is 1. The summed E-state index contributed by atoms with van der Waals surface area (Å²) < 4.78 is 0. The van der Waals surface area contributed by atoms with Gasteiger partial charge in [0.25, 0.3) is 0 Å². The highest BCUT2D eigenvalue weighted by atomic mass is 32.1. The van der Waals surface area contributed by atoms with E-state index in [1.54, 1.807) is 11.3 Å². The highest BCUT2D eigenvalue weighted by molar-refractivity contribution is 7.10. The van der Waals surface area contributed by atoms with Gasteiger partial charge in [0.2, 0.25) is 5.91 Å². The first-order valence-corrected chi connectivity index (χ1v) is 7.71. The van der Waals surface area contributed by atoms with Crippen LogP contribution in [-0.2, 0) is 17.8 Å². The van der Waals surface area contributed by atoms with Crippen LogP contribution in [0.5, 0.6) is 0 Å². The molecule has 2 aromatic rings. The normalized spacial score (nSPS) is 13.6. The van der Waals surface area contributed by atoms with Gasteiger partial charge in [0.05, 0.1) is 6.54 Å². The van der Waals surface area contributed by atoms with Gasteiger partial charge in [-0.1, -0.05) is 30.0 Å². The van der Waals surface area contributed by atoms with Crippen LogP contribution in [0, 0.1) is 11.8 Å². The summed E-state index contributed by atoms with van der Waals surface area (Å²) in [7, 11) is 0. The van der Waals surface area contributed by atoms with E-state index in [9.17, 15) is 4.79 Å². The molecule has 0 saturated carbocycles. The van der Waals surface area contributed by atoms with Crippen LogP contribution >= 0.6 is 11.3 Å². The largest absolute Gasteiger partial charge is 0.384 e. The van der Waals surface area contributed by atoms with E-state index >= 15 is 0 Å². The summed E-state index contributed by atoms with van der Waals surface area (Å²) in [6.45, 7) is 0.449. The quantitative estimate of drug-likeness (QED) is 0.866. The van der Waals surface area contributed by atoms with E-state index in [1.165, 1.54) is 5.56 Å². The fourth-order valence-electron chi connectivity index (χ4n) is 2.50. The van der Waals surface area contributed by atoms with E-state index in [4.69, 9.17) is 5.11 Å². The molecule has 3 rings (SSSR count). The number of thiophene rings is 1. The third kappa shape index (κ3) is 2.99. The Morgan fingerprint density at radius 3 is 3.00 bits per heavy atom. The molecular weight excluding hydrogens is 282 g/mol. The van der Waals surface area contributed by atoms with Crippen molar-refractivity contribution in [3.05, 3.63) is 51.7 Å². The third-order valence-corrected chi connectivity index (χ3v) is 4.39. The minimum atomic E-state index is -0.136. The Labute approximate surface area is 127 Å². The number of amides is 1. The number of benzene rings is 1. The number of hydrogen-bond donors (Lipinski definition) is 1. The topological polar surface area (TPSA) is 40.5 Å². The Hall–Kier alpha value is -2.09. The van der Waals surface area contributed by atoms with Gasteiger partial charge in [-0.3, -0.25) is 4.79 Å². The lowest BCUT2D eigenvalue weighted by Crippen LogP contribution is -2.34. The van der Waals surface area contributed by atoms with Crippen molar-refractivity contribution in [3.8, 4) is 11.8 Å². The molecule has 1 N–H and O–H groups in total. The molecule has 1 aliphatic heterocycles. The second-order valence-corrected chi connectivity index (χ2v) is 5.87. The zero-order valence-electron chi connectivity index (χ0n) is 11.5. The SMILES string of the molecule is O=C1CCc2ccccc2N1Cc1cc(C#CCO)cs1. The van der Waals surface area contributed by atoms with E-state index in [-0.39, 0.29) is 12.5 Å². The maximum Gasteiger partial charge on any atom is 0.227 e. The third-order valence-electron chi connectivity index (χ3n) is 3.47. The Balaban J connectivity index is 1.84. The van der Waals surface area contributed by atoms with Gasteiger partial charge < -0.3 is 10.0 Å². The molecule has 0 atom stereocenters. The molecule has 1 aliphatic rings. The molecule has 106 valence electrons. The average Bonchev–Trinajstić information content (AvgIpc) is 2.96. The molecule has 1 aromatic heterocycles. The molecule has 2 heterocycles. The number of carbonyl (C=O) groups excluding carboxylic acids is 1. The van der Waals surface area contributed by atoms with Gasteiger partial charge in [-0.2, -0.15) is 0 Å². The Morgan fingerprint density at radius 1 is 1.29 bits per heavy atom. The zero-order valence-corrected chi connectivity index (χ0v) is 12.3. The monoisotopic (exact) mass is 297 g/mol. The molecule has 21 heavy (non-hydrogen) atoms. The standard InChI is InChI=1S/C17H15NO2S/c19-9-3-4-13-10-15(21-12-13)11-18-16-6-2-1-5-14(16)7-8-17(18)20/h1-2,5-6,10,12,19H,7-9,11H2. The van der Waals surface area contributed by atoms with Gasteiger partial charge in [-0.25, -0.2) is 0 Å². The first-order chi connectivity index (χ1) is 10.3. The first kappa shape index (κ1) is 13.9. The molecule has 0 aliphatic carbocycles. The maximum atomic E-state index is 12.2. The van der Waals surface area contributed by atoms with E-state index in [0.29, 0.717) is 13.0 Å². The predicted octanol–water partition coefficient (Wildman–Crippen LogP) is 2.57. The molecule has 4 heteroatoms. The highest BCUT2D eigenvalue weighted by Crippen LogP contribution is 2.30. The van der Waals surface area contributed by atoms with Crippen LogP contribution in [0.1, 0.15) is 22.4 Å². The van der Waals surface area contributed by atoms with Crippen LogP contribution in [0.2, 0.25) is 0 Å². The lowest BCUT2D eigenvalue weighted by Gasteiger charge is -2.29. The lowest BCUT2D eigenvalue weighted by molar-refractivity contribution is -0.119. The highest BCUT2D eigenvalue weighted by Gasteiger charge is 2.24. The molecule has 0 bridgehead atoms. The summed E-state index contributed by atoms with van der Waals surface area (Å²) >= 11 is 1.59. The molecule has 1 amide bonds. The smallest absolute Gasteiger partial charge is 0.227 e. The van der Waals surface area contributed by atoms with Gasteiger partial charge in [-0.05, 0) is 24.1 Å². The van der Waals surface area contributed by atoms with Crippen LogP contribution in [-0.4, -0.2) is 17.6 Å². The van der Waals surface area contributed by atoms with Crippen LogP contribution < -0.4 is 4.90 Å². The number of para-hydroxylation sites is 1. The zero-order chi connectivity index (χ0) is 14.7. The van der Waals surface area contributed by atoms with Crippen molar-refractivity contribution in [2.45, 2.75) is 19.4 Å². The van der Waals surface area contributed by atoms with Gasteiger partial charge in [0.1, 0.15) is 6.61 Å². The second kappa shape index (κ2) is 6.13. The van der Waals surface area contributed by atoms with Crippen molar-refractivity contribution in [1.82, 2.24) is 0 Å². The van der Waals surface area contributed by atoms with E-state index in [0.717, 1.165) is 22.5 Å². The van der Waals surface area contributed by atoms with Crippen molar-refractivity contribution in [2.24, 2.45) is 0 Å². The van der Waals surface area contributed by atoms with Gasteiger partial charge >= 0.3 is 0 Å². The molecule has 0 saturated heterocycles.